The molecule has 3 rings (SSSR count). The van der Waals surface area contributed by atoms with Crippen LogP contribution in [0, 0.1) is 5.41 Å². The van der Waals surface area contributed by atoms with Crippen molar-refractivity contribution in [2.24, 2.45) is 5.41 Å². The maximum absolute atomic E-state index is 12.7. The Kier molecular flexibility index (Phi) is 7.92. The highest BCUT2D eigenvalue weighted by Gasteiger charge is 2.49. The Labute approximate surface area is 190 Å². The van der Waals surface area contributed by atoms with Crippen molar-refractivity contribution in [3.05, 3.63) is 65.7 Å². The van der Waals surface area contributed by atoms with Gasteiger partial charge in [0.1, 0.15) is 5.75 Å². The van der Waals surface area contributed by atoms with Gasteiger partial charge in [-0.2, -0.15) is 4.31 Å². The molecule has 1 aliphatic carbocycles. The molecule has 0 heterocycles. The fourth-order valence-electron chi connectivity index (χ4n) is 4.30. The molecule has 0 bridgehead atoms. The average molecular weight is 462 g/mol. The molecule has 0 aliphatic heterocycles. The second-order valence-corrected chi connectivity index (χ2v) is 10.2. The lowest BCUT2D eigenvalue weighted by molar-refractivity contribution is -0.157. The minimum atomic E-state index is -3.50. The zero-order valence-electron chi connectivity index (χ0n) is 18.8. The van der Waals surface area contributed by atoms with Crippen LogP contribution < -0.4 is 4.74 Å². The van der Waals surface area contributed by atoms with Crippen molar-refractivity contribution in [3.8, 4) is 5.75 Å². The summed E-state index contributed by atoms with van der Waals surface area (Å²) in [5.41, 5.74) is 1.00. The monoisotopic (exact) mass is 461 g/mol. The number of methoxy groups -OCH3 is 2. The molecule has 174 valence electrons. The fraction of sp³-hybridized carbons (Fsp3) is 0.458. The number of sulfonamides is 1. The number of rotatable bonds is 10. The summed E-state index contributed by atoms with van der Waals surface area (Å²) in [5, 5.41) is 0. The number of carbonyl (C=O) groups is 1. The van der Waals surface area contributed by atoms with Crippen LogP contribution in [-0.2, 0) is 37.4 Å². The van der Waals surface area contributed by atoms with Crippen LogP contribution in [0.2, 0.25) is 0 Å². The lowest BCUT2D eigenvalue weighted by Gasteiger charge is -2.30. The molecular formula is C24H31NO6S. The summed E-state index contributed by atoms with van der Waals surface area (Å²) in [6.45, 7) is 0.798. The molecule has 2 atom stereocenters. The third-order valence-corrected chi connectivity index (χ3v) is 7.30. The van der Waals surface area contributed by atoms with Gasteiger partial charge in [0.05, 0.1) is 39.1 Å². The molecule has 7 nitrogen and oxygen atoms in total. The maximum Gasteiger partial charge on any atom is 0.314 e. The Morgan fingerprint density at radius 2 is 1.75 bits per heavy atom. The summed E-state index contributed by atoms with van der Waals surface area (Å²) in [6.07, 6.45) is 2.64. The first-order chi connectivity index (χ1) is 15.3. The summed E-state index contributed by atoms with van der Waals surface area (Å²) in [6, 6.07) is 16.7. The van der Waals surface area contributed by atoms with E-state index in [-0.39, 0.29) is 25.2 Å². The van der Waals surface area contributed by atoms with E-state index in [0.717, 1.165) is 11.1 Å². The quantitative estimate of drug-likeness (QED) is 0.505. The van der Waals surface area contributed by atoms with Crippen LogP contribution in [0.15, 0.2) is 54.6 Å². The van der Waals surface area contributed by atoms with Crippen molar-refractivity contribution in [1.29, 1.82) is 0 Å². The van der Waals surface area contributed by atoms with Crippen LogP contribution in [0.3, 0.4) is 0 Å². The van der Waals surface area contributed by atoms with Gasteiger partial charge < -0.3 is 14.2 Å². The van der Waals surface area contributed by atoms with Crippen molar-refractivity contribution in [2.75, 3.05) is 27.1 Å². The number of carbonyl (C=O) groups excluding carboxylic acids is 1. The molecule has 1 saturated carbocycles. The summed E-state index contributed by atoms with van der Waals surface area (Å²) in [4.78, 5) is 12.7. The van der Waals surface area contributed by atoms with Crippen LogP contribution in [0.25, 0.3) is 0 Å². The van der Waals surface area contributed by atoms with E-state index in [4.69, 9.17) is 14.2 Å². The topological polar surface area (TPSA) is 82.1 Å². The summed E-state index contributed by atoms with van der Waals surface area (Å²) >= 11 is 0. The summed E-state index contributed by atoms with van der Waals surface area (Å²) in [5.74, 6) is 0.353. The van der Waals surface area contributed by atoms with Gasteiger partial charge in [-0.25, -0.2) is 8.42 Å². The number of esters is 1. The number of nitrogens with zero attached hydrogens (tertiary/aromatic N) is 1. The molecule has 0 unspecified atom stereocenters. The Balaban J connectivity index is 1.74. The van der Waals surface area contributed by atoms with Gasteiger partial charge >= 0.3 is 5.97 Å². The van der Waals surface area contributed by atoms with Crippen LogP contribution in [-0.4, -0.2) is 51.8 Å². The maximum atomic E-state index is 12.7. The smallest absolute Gasteiger partial charge is 0.314 e. The van der Waals surface area contributed by atoms with Gasteiger partial charge in [-0.15, -0.1) is 0 Å². The molecule has 1 aliphatic rings. The van der Waals surface area contributed by atoms with Crippen molar-refractivity contribution in [2.45, 2.75) is 38.5 Å². The van der Waals surface area contributed by atoms with E-state index in [1.165, 1.54) is 17.7 Å². The second-order valence-electron chi connectivity index (χ2n) is 8.30. The van der Waals surface area contributed by atoms with E-state index in [9.17, 15) is 13.2 Å². The zero-order valence-corrected chi connectivity index (χ0v) is 19.6. The number of hydrogen-bond acceptors (Lipinski definition) is 6. The van der Waals surface area contributed by atoms with E-state index in [1.54, 1.807) is 19.2 Å². The lowest BCUT2D eigenvalue weighted by Crippen LogP contribution is -2.41. The highest BCUT2D eigenvalue weighted by molar-refractivity contribution is 7.88. The predicted molar refractivity (Wildman–Crippen MR) is 122 cm³/mol. The Morgan fingerprint density at radius 1 is 1.06 bits per heavy atom. The molecule has 8 heteroatoms. The molecule has 0 amide bonds. The standard InChI is InChI=1S/C24H31NO6S/c1-29-22-11-9-19(10-12-22)16-25(32(3,27)28)21-13-14-24(15-21,23(26)30-2)18-31-17-20-7-5-4-6-8-20/h4-12,21H,13-18H2,1-3H3/t21-,24-/m0/s1. The molecule has 0 saturated heterocycles. The van der Waals surface area contributed by atoms with Gasteiger partial charge in [-0.05, 0) is 42.5 Å². The minimum absolute atomic E-state index is 0.186. The third kappa shape index (κ3) is 5.88. The Morgan fingerprint density at radius 3 is 2.34 bits per heavy atom. The molecule has 0 aromatic heterocycles. The van der Waals surface area contributed by atoms with Crippen LogP contribution in [0.4, 0.5) is 0 Å². The van der Waals surface area contributed by atoms with Crippen LogP contribution >= 0.6 is 0 Å². The van der Waals surface area contributed by atoms with E-state index < -0.39 is 15.4 Å². The van der Waals surface area contributed by atoms with Gasteiger partial charge in [0, 0.05) is 12.6 Å². The number of hydrogen-bond donors (Lipinski definition) is 0. The van der Waals surface area contributed by atoms with Gasteiger partial charge in [0.15, 0.2) is 0 Å². The van der Waals surface area contributed by atoms with E-state index in [2.05, 4.69) is 0 Å². The normalized spacial score (nSPS) is 20.9. The lowest BCUT2D eigenvalue weighted by atomic mass is 9.87. The SMILES string of the molecule is COC(=O)[C@@]1(COCc2ccccc2)CC[C@H](N(Cc2ccc(OC)cc2)S(C)(=O)=O)C1. The first-order valence-corrected chi connectivity index (χ1v) is 12.4. The van der Waals surface area contributed by atoms with Crippen molar-refractivity contribution < 1.29 is 27.4 Å². The molecule has 0 spiro atoms. The van der Waals surface area contributed by atoms with Crippen LogP contribution in [0.1, 0.15) is 30.4 Å². The predicted octanol–water partition coefficient (Wildman–Crippen LogP) is 3.39. The van der Waals surface area contributed by atoms with Crippen LogP contribution in [0.5, 0.6) is 5.75 Å². The molecule has 2 aromatic carbocycles. The van der Waals surface area contributed by atoms with Crippen molar-refractivity contribution in [3.63, 3.8) is 0 Å². The Hall–Kier alpha value is -2.42. The second kappa shape index (κ2) is 10.5. The van der Waals surface area contributed by atoms with Gasteiger partial charge in [-0.1, -0.05) is 42.5 Å². The molecule has 0 radical (unpaired) electrons. The molecule has 2 aromatic rings. The average Bonchev–Trinajstić information content (AvgIpc) is 3.22. The summed E-state index contributed by atoms with van der Waals surface area (Å²) < 4.78 is 43.0. The van der Waals surface area contributed by atoms with E-state index in [0.29, 0.717) is 31.6 Å². The van der Waals surface area contributed by atoms with Gasteiger partial charge in [0.2, 0.25) is 10.0 Å². The highest BCUT2D eigenvalue weighted by Crippen LogP contribution is 2.43. The highest BCUT2D eigenvalue weighted by atomic mass is 32.2. The number of benzene rings is 2. The van der Waals surface area contributed by atoms with Crippen molar-refractivity contribution in [1.82, 2.24) is 4.31 Å². The molecular weight excluding hydrogens is 430 g/mol. The first kappa shape index (κ1) is 24.2. The van der Waals surface area contributed by atoms with E-state index in [1.807, 2.05) is 42.5 Å². The molecule has 1 fully saturated rings. The first-order valence-electron chi connectivity index (χ1n) is 10.6. The van der Waals surface area contributed by atoms with Gasteiger partial charge in [0.25, 0.3) is 0 Å². The number of ether oxygens (including phenoxy) is 3. The fourth-order valence-corrected chi connectivity index (χ4v) is 5.41. The molecule has 0 N–H and O–H groups in total. The Bertz CT molecular complexity index is 993. The van der Waals surface area contributed by atoms with E-state index >= 15 is 0 Å². The largest absolute Gasteiger partial charge is 0.497 e. The van der Waals surface area contributed by atoms with Gasteiger partial charge in [-0.3, -0.25) is 4.79 Å². The minimum Gasteiger partial charge on any atom is -0.497 e. The van der Waals surface area contributed by atoms with Crippen molar-refractivity contribution >= 4 is 16.0 Å². The molecule has 32 heavy (non-hydrogen) atoms. The zero-order chi connectivity index (χ0) is 23.2. The third-order valence-electron chi connectivity index (χ3n) is 6.02. The summed E-state index contributed by atoms with van der Waals surface area (Å²) in [7, 11) is -0.552.